The zero-order valence-corrected chi connectivity index (χ0v) is 10.4. The molecule has 94 valence electrons. The van der Waals surface area contributed by atoms with Crippen LogP contribution in [0.3, 0.4) is 0 Å². The first-order chi connectivity index (χ1) is 8.33. The summed E-state index contributed by atoms with van der Waals surface area (Å²) < 4.78 is 5.11. The summed E-state index contributed by atoms with van der Waals surface area (Å²) in [5, 5.41) is 0. The number of nitrogens with two attached hydrogens (primary N) is 1. The Bertz CT molecular complexity index is 331. The Balaban J connectivity index is 1.91. The molecule has 4 nitrogen and oxygen atoms in total. The molecule has 4 heteroatoms. The van der Waals surface area contributed by atoms with Gasteiger partial charge in [0.15, 0.2) is 0 Å². The minimum Gasteiger partial charge on any atom is -0.495 e. The van der Waals surface area contributed by atoms with E-state index in [1.54, 1.807) is 13.3 Å². The highest BCUT2D eigenvalue weighted by atomic mass is 16.5. The Morgan fingerprint density at radius 1 is 1.41 bits per heavy atom. The molecule has 0 radical (unpaired) electrons. The Hall–Kier alpha value is -1.29. The van der Waals surface area contributed by atoms with Gasteiger partial charge in [-0.25, -0.2) is 4.98 Å². The molecule has 1 fully saturated rings. The van der Waals surface area contributed by atoms with Crippen LogP contribution in [0.5, 0.6) is 5.75 Å². The second kappa shape index (κ2) is 5.87. The van der Waals surface area contributed by atoms with Crippen LogP contribution in [0.2, 0.25) is 0 Å². The molecule has 17 heavy (non-hydrogen) atoms. The van der Waals surface area contributed by atoms with Crippen molar-refractivity contribution in [1.29, 1.82) is 0 Å². The maximum atomic E-state index is 5.60. The lowest BCUT2D eigenvalue weighted by Gasteiger charge is -2.32. The van der Waals surface area contributed by atoms with Crippen LogP contribution in [-0.4, -0.2) is 31.7 Å². The Kier molecular flexibility index (Phi) is 4.20. The number of pyridine rings is 1. The SMILES string of the molecule is COc1ccc(N2CCC(CCN)CC2)nc1. The lowest BCUT2D eigenvalue weighted by molar-refractivity contribution is 0.384. The van der Waals surface area contributed by atoms with Gasteiger partial charge in [0, 0.05) is 13.1 Å². The summed E-state index contributed by atoms with van der Waals surface area (Å²) in [7, 11) is 1.66. The van der Waals surface area contributed by atoms with E-state index in [0.29, 0.717) is 0 Å². The van der Waals surface area contributed by atoms with E-state index in [4.69, 9.17) is 10.5 Å². The third-order valence-electron chi connectivity index (χ3n) is 3.47. The van der Waals surface area contributed by atoms with Crippen molar-refractivity contribution in [3.8, 4) is 5.75 Å². The van der Waals surface area contributed by atoms with Crippen LogP contribution in [0.25, 0.3) is 0 Å². The molecule has 1 aliphatic heterocycles. The van der Waals surface area contributed by atoms with Gasteiger partial charge in [0.25, 0.3) is 0 Å². The Morgan fingerprint density at radius 3 is 2.71 bits per heavy atom. The fourth-order valence-electron chi connectivity index (χ4n) is 2.37. The highest BCUT2D eigenvalue weighted by Crippen LogP contribution is 2.24. The third kappa shape index (κ3) is 3.09. The van der Waals surface area contributed by atoms with Crippen molar-refractivity contribution in [2.45, 2.75) is 19.3 Å². The van der Waals surface area contributed by atoms with E-state index in [1.165, 1.54) is 12.8 Å². The molecule has 0 unspecified atom stereocenters. The predicted molar refractivity (Wildman–Crippen MR) is 69.4 cm³/mol. The van der Waals surface area contributed by atoms with E-state index in [1.807, 2.05) is 12.1 Å². The van der Waals surface area contributed by atoms with Gasteiger partial charge in [-0.3, -0.25) is 0 Å². The molecule has 0 saturated carbocycles. The molecule has 2 N–H and O–H groups in total. The summed E-state index contributed by atoms with van der Waals surface area (Å²) >= 11 is 0. The van der Waals surface area contributed by atoms with Gasteiger partial charge in [-0.05, 0) is 43.9 Å². The fourth-order valence-corrected chi connectivity index (χ4v) is 2.37. The molecule has 0 bridgehead atoms. The quantitative estimate of drug-likeness (QED) is 0.862. The van der Waals surface area contributed by atoms with Gasteiger partial charge in [0.1, 0.15) is 11.6 Å². The molecule has 0 aliphatic carbocycles. The summed E-state index contributed by atoms with van der Waals surface area (Å²) in [6.07, 6.45) is 5.39. The first kappa shape index (κ1) is 12.2. The molecule has 0 amide bonds. The van der Waals surface area contributed by atoms with E-state index in [9.17, 15) is 0 Å². The highest BCUT2D eigenvalue weighted by molar-refractivity contribution is 5.41. The molecule has 0 spiro atoms. The fraction of sp³-hybridized carbons (Fsp3) is 0.615. The van der Waals surface area contributed by atoms with Gasteiger partial charge < -0.3 is 15.4 Å². The summed E-state index contributed by atoms with van der Waals surface area (Å²) in [5.74, 6) is 2.67. The van der Waals surface area contributed by atoms with E-state index < -0.39 is 0 Å². The van der Waals surface area contributed by atoms with Crippen molar-refractivity contribution >= 4 is 5.82 Å². The molecule has 2 heterocycles. The highest BCUT2D eigenvalue weighted by Gasteiger charge is 2.19. The van der Waals surface area contributed by atoms with Gasteiger partial charge in [-0.15, -0.1) is 0 Å². The van der Waals surface area contributed by atoms with Crippen LogP contribution in [0.4, 0.5) is 5.82 Å². The van der Waals surface area contributed by atoms with Crippen molar-refractivity contribution in [3.63, 3.8) is 0 Å². The molecule has 2 rings (SSSR count). The number of methoxy groups -OCH3 is 1. The van der Waals surface area contributed by atoms with E-state index in [-0.39, 0.29) is 0 Å². The van der Waals surface area contributed by atoms with Gasteiger partial charge in [0.2, 0.25) is 0 Å². The minimum atomic E-state index is 0.800. The predicted octanol–water partition coefficient (Wildman–Crippen LogP) is 1.66. The summed E-state index contributed by atoms with van der Waals surface area (Å²) in [6.45, 7) is 2.99. The Labute approximate surface area is 103 Å². The number of ether oxygens (including phenoxy) is 1. The van der Waals surface area contributed by atoms with Crippen LogP contribution in [0.1, 0.15) is 19.3 Å². The lowest BCUT2D eigenvalue weighted by Crippen LogP contribution is -2.34. The minimum absolute atomic E-state index is 0.800. The van der Waals surface area contributed by atoms with Gasteiger partial charge in [-0.2, -0.15) is 0 Å². The zero-order valence-electron chi connectivity index (χ0n) is 10.4. The van der Waals surface area contributed by atoms with Gasteiger partial charge in [0.05, 0.1) is 13.3 Å². The Morgan fingerprint density at radius 2 is 2.18 bits per heavy atom. The van der Waals surface area contributed by atoms with E-state index >= 15 is 0 Å². The molecule has 0 atom stereocenters. The van der Waals surface area contributed by atoms with Gasteiger partial charge in [-0.1, -0.05) is 0 Å². The maximum Gasteiger partial charge on any atom is 0.137 e. The standard InChI is InChI=1S/C13H21N3O/c1-17-12-2-3-13(15-10-12)16-8-5-11(4-7-14)6-9-16/h2-3,10-11H,4-9,14H2,1H3. The number of aromatic nitrogens is 1. The average Bonchev–Trinajstić information content (AvgIpc) is 2.40. The number of hydrogen-bond acceptors (Lipinski definition) is 4. The third-order valence-corrected chi connectivity index (χ3v) is 3.47. The average molecular weight is 235 g/mol. The van der Waals surface area contributed by atoms with E-state index in [0.717, 1.165) is 43.5 Å². The second-order valence-electron chi connectivity index (χ2n) is 4.56. The monoisotopic (exact) mass is 235 g/mol. The van der Waals surface area contributed by atoms with Crippen LogP contribution in [0, 0.1) is 5.92 Å². The smallest absolute Gasteiger partial charge is 0.137 e. The van der Waals surface area contributed by atoms with Crippen molar-refractivity contribution < 1.29 is 4.74 Å². The maximum absolute atomic E-state index is 5.60. The summed E-state index contributed by atoms with van der Waals surface area (Å²) in [4.78, 5) is 6.76. The number of nitrogens with zero attached hydrogens (tertiary/aromatic N) is 2. The number of piperidine rings is 1. The largest absolute Gasteiger partial charge is 0.495 e. The van der Waals surface area contributed by atoms with Crippen molar-refractivity contribution in [2.24, 2.45) is 11.7 Å². The summed E-state index contributed by atoms with van der Waals surface area (Å²) in [5.41, 5.74) is 5.60. The first-order valence-electron chi connectivity index (χ1n) is 6.28. The van der Waals surface area contributed by atoms with Gasteiger partial charge >= 0.3 is 0 Å². The van der Waals surface area contributed by atoms with E-state index in [2.05, 4.69) is 9.88 Å². The number of hydrogen-bond donors (Lipinski definition) is 1. The summed E-state index contributed by atoms with van der Waals surface area (Å²) in [6, 6.07) is 4.00. The van der Waals surface area contributed by atoms with Crippen LogP contribution in [0.15, 0.2) is 18.3 Å². The molecular formula is C13H21N3O. The molecular weight excluding hydrogens is 214 g/mol. The van der Waals surface area contributed by atoms with Crippen LogP contribution in [-0.2, 0) is 0 Å². The van der Waals surface area contributed by atoms with Crippen LogP contribution < -0.4 is 15.4 Å². The normalized spacial score (nSPS) is 17.2. The van der Waals surface area contributed by atoms with Crippen molar-refractivity contribution in [3.05, 3.63) is 18.3 Å². The van der Waals surface area contributed by atoms with Crippen molar-refractivity contribution in [1.82, 2.24) is 4.98 Å². The first-order valence-corrected chi connectivity index (χ1v) is 6.28. The zero-order chi connectivity index (χ0) is 12.1. The lowest BCUT2D eigenvalue weighted by atomic mass is 9.94. The molecule has 1 aromatic heterocycles. The molecule has 1 aliphatic rings. The molecule has 0 aromatic carbocycles. The number of rotatable bonds is 4. The topological polar surface area (TPSA) is 51.4 Å². The van der Waals surface area contributed by atoms with Crippen LogP contribution >= 0.6 is 0 Å². The molecule has 1 aromatic rings. The number of anilines is 1. The second-order valence-corrected chi connectivity index (χ2v) is 4.56. The van der Waals surface area contributed by atoms with Crippen molar-refractivity contribution in [2.75, 3.05) is 31.6 Å². The molecule has 1 saturated heterocycles.